The van der Waals surface area contributed by atoms with Crippen molar-refractivity contribution in [3.05, 3.63) is 20.8 Å². The number of anilines is 2. The molecule has 6 heteroatoms. The minimum Gasteiger partial charge on any atom is -0.383 e. The monoisotopic (exact) mass is 240 g/mol. The van der Waals surface area contributed by atoms with Gasteiger partial charge in [-0.25, -0.2) is 4.79 Å². The number of H-pyrrole nitrogens is 1. The van der Waals surface area contributed by atoms with Crippen molar-refractivity contribution >= 4 is 11.5 Å². The molecule has 1 aromatic rings. The van der Waals surface area contributed by atoms with E-state index in [-0.39, 0.29) is 11.5 Å². The fourth-order valence-corrected chi connectivity index (χ4v) is 1.56. The second-order valence-corrected chi connectivity index (χ2v) is 4.37. The van der Waals surface area contributed by atoms with Crippen LogP contribution in [0.5, 0.6) is 0 Å². The van der Waals surface area contributed by atoms with Gasteiger partial charge in [0.25, 0.3) is 5.56 Å². The number of hydrogen-bond acceptors (Lipinski definition) is 4. The smallest absolute Gasteiger partial charge is 0.330 e. The first-order valence-corrected chi connectivity index (χ1v) is 5.83. The van der Waals surface area contributed by atoms with Gasteiger partial charge in [-0.15, -0.1) is 0 Å². The Labute approximate surface area is 99.8 Å². The molecule has 0 aromatic carbocycles. The van der Waals surface area contributed by atoms with Crippen molar-refractivity contribution in [3.63, 3.8) is 0 Å². The van der Waals surface area contributed by atoms with E-state index in [0.29, 0.717) is 19.0 Å². The number of nitrogens with zero attached hydrogens (tertiary/aromatic N) is 1. The van der Waals surface area contributed by atoms with Gasteiger partial charge in [0.15, 0.2) is 0 Å². The van der Waals surface area contributed by atoms with E-state index in [1.54, 1.807) is 6.92 Å². The van der Waals surface area contributed by atoms with Crippen LogP contribution in [0.15, 0.2) is 9.59 Å². The summed E-state index contributed by atoms with van der Waals surface area (Å²) in [6.07, 6.45) is 0.935. The molecule has 6 nitrogen and oxygen atoms in total. The summed E-state index contributed by atoms with van der Waals surface area (Å²) < 4.78 is 1.33. The average Bonchev–Trinajstić information content (AvgIpc) is 2.22. The molecule has 0 amide bonds. The molecule has 96 valence electrons. The number of nitrogens with one attached hydrogen (secondary N) is 2. The summed E-state index contributed by atoms with van der Waals surface area (Å²) in [6.45, 7) is 7.09. The van der Waals surface area contributed by atoms with E-state index in [1.807, 2.05) is 0 Å². The van der Waals surface area contributed by atoms with Crippen molar-refractivity contribution in [2.75, 3.05) is 17.6 Å². The molecular weight excluding hydrogens is 220 g/mol. The minimum absolute atomic E-state index is 0.199. The largest absolute Gasteiger partial charge is 0.383 e. The fourth-order valence-electron chi connectivity index (χ4n) is 1.56. The summed E-state index contributed by atoms with van der Waals surface area (Å²) in [6, 6.07) is 0. The maximum atomic E-state index is 11.6. The highest BCUT2D eigenvalue weighted by Gasteiger charge is 2.10. The Bertz CT molecular complexity index is 487. The molecule has 1 rings (SSSR count). The van der Waals surface area contributed by atoms with Gasteiger partial charge in [-0.3, -0.25) is 14.3 Å². The lowest BCUT2D eigenvalue weighted by Gasteiger charge is -2.13. The molecule has 1 aromatic heterocycles. The van der Waals surface area contributed by atoms with Crippen LogP contribution in [0.3, 0.4) is 0 Å². The third-order valence-corrected chi connectivity index (χ3v) is 2.58. The van der Waals surface area contributed by atoms with Gasteiger partial charge >= 0.3 is 5.69 Å². The van der Waals surface area contributed by atoms with E-state index in [1.165, 1.54) is 4.57 Å². The van der Waals surface area contributed by atoms with Crippen LogP contribution in [-0.2, 0) is 6.54 Å². The van der Waals surface area contributed by atoms with E-state index in [2.05, 4.69) is 24.1 Å². The maximum absolute atomic E-state index is 11.6. The second kappa shape index (κ2) is 5.56. The maximum Gasteiger partial charge on any atom is 0.330 e. The van der Waals surface area contributed by atoms with Crippen LogP contribution in [0, 0.1) is 5.92 Å². The van der Waals surface area contributed by atoms with Gasteiger partial charge in [0.2, 0.25) is 0 Å². The van der Waals surface area contributed by atoms with Gasteiger partial charge in [-0.05, 0) is 19.3 Å². The Morgan fingerprint density at radius 3 is 2.59 bits per heavy atom. The SMILES string of the molecule is CCn1c(N)c(NCCC(C)C)c(=O)[nH]c1=O. The molecule has 0 aliphatic rings. The quantitative estimate of drug-likeness (QED) is 0.702. The topological polar surface area (TPSA) is 92.9 Å². The Hall–Kier alpha value is -1.72. The molecule has 0 bridgehead atoms. The van der Waals surface area contributed by atoms with Gasteiger partial charge in [0.1, 0.15) is 11.5 Å². The molecule has 0 spiro atoms. The molecule has 0 unspecified atom stereocenters. The highest BCUT2D eigenvalue weighted by atomic mass is 16.2. The van der Waals surface area contributed by atoms with Crippen LogP contribution >= 0.6 is 0 Å². The van der Waals surface area contributed by atoms with Crippen LogP contribution in [0.4, 0.5) is 11.5 Å². The van der Waals surface area contributed by atoms with Gasteiger partial charge in [-0.1, -0.05) is 13.8 Å². The van der Waals surface area contributed by atoms with E-state index >= 15 is 0 Å². The third kappa shape index (κ3) is 3.12. The molecule has 0 atom stereocenters. The van der Waals surface area contributed by atoms with Gasteiger partial charge in [0.05, 0.1) is 0 Å². The Morgan fingerprint density at radius 2 is 2.06 bits per heavy atom. The molecule has 0 saturated carbocycles. The number of nitrogen functional groups attached to an aromatic ring is 1. The normalized spacial score (nSPS) is 10.8. The summed E-state index contributed by atoms with van der Waals surface area (Å²) in [4.78, 5) is 25.3. The van der Waals surface area contributed by atoms with Crippen molar-refractivity contribution in [1.82, 2.24) is 9.55 Å². The lowest BCUT2D eigenvalue weighted by Crippen LogP contribution is -2.33. The van der Waals surface area contributed by atoms with Crippen molar-refractivity contribution in [2.24, 2.45) is 5.92 Å². The summed E-state index contributed by atoms with van der Waals surface area (Å²) in [5.41, 5.74) is 5.15. The molecule has 0 radical (unpaired) electrons. The van der Waals surface area contributed by atoms with Crippen molar-refractivity contribution < 1.29 is 0 Å². The average molecular weight is 240 g/mol. The van der Waals surface area contributed by atoms with Gasteiger partial charge in [-0.2, -0.15) is 0 Å². The van der Waals surface area contributed by atoms with E-state index in [0.717, 1.165) is 6.42 Å². The van der Waals surface area contributed by atoms with E-state index in [9.17, 15) is 9.59 Å². The van der Waals surface area contributed by atoms with E-state index < -0.39 is 11.2 Å². The van der Waals surface area contributed by atoms with Gasteiger partial charge in [0, 0.05) is 13.1 Å². The first-order chi connectivity index (χ1) is 7.97. The summed E-state index contributed by atoms with van der Waals surface area (Å²) in [7, 11) is 0. The van der Waals surface area contributed by atoms with Crippen LogP contribution < -0.4 is 22.3 Å². The Kier molecular flexibility index (Phi) is 4.37. The molecule has 0 aliphatic carbocycles. The number of nitrogens with two attached hydrogens (primary N) is 1. The fraction of sp³-hybridized carbons (Fsp3) is 0.636. The van der Waals surface area contributed by atoms with Crippen LogP contribution in [0.2, 0.25) is 0 Å². The Morgan fingerprint density at radius 1 is 1.41 bits per heavy atom. The first kappa shape index (κ1) is 13.3. The lowest BCUT2D eigenvalue weighted by atomic mass is 10.1. The summed E-state index contributed by atoms with van der Waals surface area (Å²) in [5, 5.41) is 2.99. The molecular formula is C11H20N4O2. The first-order valence-electron chi connectivity index (χ1n) is 5.83. The van der Waals surface area contributed by atoms with Crippen molar-refractivity contribution in [2.45, 2.75) is 33.7 Å². The second-order valence-electron chi connectivity index (χ2n) is 4.37. The molecule has 1 heterocycles. The van der Waals surface area contributed by atoms with E-state index in [4.69, 9.17) is 5.73 Å². The van der Waals surface area contributed by atoms with Crippen LogP contribution in [0.25, 0.3) is 0 Å². The number of aromatic amines is 1. The molecule has 0 aliphatic heterocycles. The molecule has 17 heavy (non-hydrogen) atoms. The number of rotatable bonds is 5. The third-order valence-electron chi connectivity index (χ3n) is 2.58. The van der Waals surface area contributed by atoms with Crippen LogP contribution in [-0.4, -0.2) is 16.1 Å². The van der Waals surface area contributed by atoms with Gasteiger partial charge < -0.3 is 11.1 Å². The zero-order chi connectivity index (χ0) is 13.0. The summed E-state index contributed by atoms with van der Waals surface area (Å²) >= 11 is 0. The highest BCUT2D eigenvalue weighted by molar-refractivity contribution is 5.60. The molecule has 0 fully saturated rings. The predicted octanol–water partition coefficient (Wildman–Crippen LogP) is 0.597. The Balaban J connectivity index is 2.99. The van der Waals surface area contributed by atoms with Crippen LogP contribution in [0.1, 0.15) is 27.2 Å². The van der Waals surface area contributed by atoms with Crippen molar-refractivity contribution in [3.8, 4) is 0 Å². The lowest BCUT2D eigenvalue weighted by molar-refractivity contribution is 0.606. The number of hydrogen-bond donors (Lipinski definition) is 3. The highest BCUT2D eigenvalue weighted by Crippen LogP contribution is 2.10. The standard InChI is InChI=1S/C11H20N4O2/c1-4-15-9(12)8(10(16)14-11(15)17)13-6-5-7(2)3/h7,13H,4-6,12H2,1-3H3,(H,14,16,17). The van der Waals surface area contributed by atoms with Crippen molar-refractivity contribution in [1.29, 1.82) is 0 Å². The minimum atomic E-state index is -0.468. The predicted molar refractivity (Wildman–Crippen MR) is 69.4 cm³/mol. The summed E-state index contributed by atoms with van der Waals surface area (Å²) in [5.74, 6) is 0.741. The molecule has 4 N–H and O–H groups in total. The number of aromatic nitrogens is 2. The zero-order valence-electron chi connectivity index (χ0n) is 10.5. The molecule has 0 saturated heterocycles. The zero-order valence-corrected chi connectivity index (χ0v) is 10.5.